The van der Waals surface area contributed by atoms with Crippen LogP contribution in [0.15, 0.2) is 63.8 Å². The molecule has 6 nitrogen and oxygen atoms in total. The van der Waals surface area contributed by atoms with Gasteiger partial charge in [-0.05, 0) is 52.0 Å². The number of hydrogen-bond acceptors (Lipinski definition) is 6. The lowest BCUT2D eigenvalue weighted by atomic mass is 9.69. The molecule has 0 unspecified atom stereocenters. The van der Waals surface area contributed by atoms with Crippen LogP contribution >= 0.6 is 0 Å². The third-order valence-electron chi connectivity index (χ3n) is 7.69. The lowest BCUT2D eigenvalue weighted by Gasteiger charge is -2.47. The van der Waals surface area contributed by atoms with E-state index in [1.165, 1.54) is 0 Å². The van der Waals surface area contributed by atoms with Crippen molar-refractivity contribution in [1.82, 2.24) is 0 Å². The van der Waals surface area contributed by atoms with Gasteiger partial charge in [0.15, 0.2) is 11.2 Å². The fourth-order valence-corrected chi connectivity index (χ4v) is 5.57. The van der Waals surface area contributed by atoms with Gasteiger partial charge in [-0.25, -0.2) is 0 Å². The fourth-order valence-electron chi connectivity index (χ4n) is 5.57. The third kappa shape index (κ3) is 3.10. The molecule has 4 aromatic rings. The summed E-state index contributed by atoms with van der Waals surface area (Å²) in [5.41, 5.74) is 2.15. The van der Waals surface area contributed by atoms with Crippen LogP contribution in [-0.4, -0.2) is 23.1 Å². The standard InChI is InChI=1S/C30H26O6/c1-15-16(2)35-29-19(26(15)31)11-12-21-25(29)23-20(14-34-21)30(3,4)36-22-13-10-18(28(33)24(22)23)27(32)17-8-6-5-7-9-17/h5-13,20,23,33H,14H2,1-4H3/t20-,23+/m0/s1. The van der Waals surface area contributed by atoms with Crippen LogP contribution in [0.2, 0.25) is 0 Å². The smallest absolute Gasteiger partial charge is 0.196 e. The van der Waals surface area contributed by atoms with Gasteiger partial charge in [0.1, 0.15) is 34.2 Å². The van der Waals surface area contributed by atoms with E-state index in [1.807, 2.05) is 19.9 Å². The van der Waals surface area contributed by atoms with E-state index in [-0.39, 0.29) is 28.4 Å². The minimum absolute atomic E-state index is 0.0950. The predicted molar refractivity (Wildman–Crippen MR) is 135 cm³/mol. The van der Waals surface area contributed by atoms with Crippen LogP contribution in [0.25, 0.3) is 11.0 Å². The molecular weight excluding hydrogens is 456 g/mol. The van der Waals surface area contributed by atoms with E-state index in [9.17, 15) is 14.7 Å². The molecule has 6 heteroatoms. The molecule has 6 rings (SSSR count). The van der Waals surface area contributed by atoms with Crippen molar-refractivity contribution in [2.24, 2.45) is 5.92 Å². The number of phenols is 1. The number of benzene rings is 3. The Kier molecular flexibility index (Phi) is 4.80. The SMILES string of the molecule is Cc1oc2c3c(ccc2c(=O)c1C)OC[C@H]1[C@@H]3c2c(ccc(C(=O)c3ccccc3)c2O)OC1(C)C. The van der Waals surface area contributed by atoms with Gasteiger partial charge in [0.05, 0.1) is 17.6 Å². The number of aromatic hydroxyl groups is 1. The van der Waals surface area contributed by atoms with Crippen molar-refractivity contribution in [2.45, 2.75) is 39.2 Å². The molecule has 0 radical (unpaired) electrons. The summed E-state index contributed by atoms with van der Waals surface area (Å²) in [5.74, 6) is 0.612. The Labute approximate surface area is 208 Å². The fraction of sp³-hybridized carbons (Fsp3) is 0.267. The summed E-state index contributed by atoms with van der Waals surface area (Å²) in [6.07, 6.45) is 0. The molecule has 3 heterocycles. The molecule has 1 N–H and O–H groups in total. The van der Waals surface area contributed by atoms with E-state index >= 15 is 0 Å². The van der Waals surface area contributed by atoms with Gasteiger partial charge in [0, 0.05) is 34.1 Å². The number of carbonyl (C=O) groups excluding carboxylic acids is 1. The summed E-state index contributed by atoms with van der Waals surface area (Å²) < 4.78 is 18.7. The second kappa shape index (κ2) is 7.72. The maximum Gasteiger partial charge on any atom is 0.196 e. The first-order valence-corrected chi connectivity index (χ1v) is 12.0. The van der Waals surface area contributed by atoms with Crippen molar-refractivity contribution >= 4 is 16.8 Å². The van der Waals surface area contributed by atoms with Gasteiger partial charge >= 0.3 is 0 Å². The van der Waals surface area contributed by atoms with Crippen LogP contribution in [0.1, 0.15) is 58.1 Å². The molecule has 2 aliphatic rings. The molecule has 0 fully saturated rings. The Balaban J connectivity index is 1.65. The van der Waals surface area contributed by atoms with Gasteiger partial charge in [-0.15, -0.1) is 0 Å². The Hall–Kier alpha value is -4.06. The molecule has 0 saturated carbocycles. The Morgan fingerprint density at radius 2 is 1.69 bits per heavy atom. The number of ether oxygens (including phenoxy) is 2. The lowest BCUT2D eigenvalue weighted by Crippen LogP contribution is -2.49. The van der Waals surface area contributed by atoms with Crippen LogP contribution < -0.4 is 14.9 Å². The van der Waals surface area contributed by atoms with E-state index in [1.54, 1.807) is 62.4 Å². The summed E-state index contributed by atoms with van der Waals surface area (Å²) in [6.45, 7) is 7.84. The van der Waals surface area contributed by atoms with Crippen LogP contribution in [-0.2, 0) is 0 Å². The van der Waals surface area contributed by atoms with Gasteiger partial charge in [-0.3, -0.25) is 9.59 Å². The number of carbonyl (C=O) groups is 1. The number of phenolic OH excluding ortho intramolecular Hbond substituents is 1. The topological polar surface area (TPSA) is 86.0 Å². The van der Waals surface area contributed by atoms with Crippen molar-refractivity contribution in [3.8, 4) is 17.2 Å². The maximum absolute atomic E-state index is 13.3. The van der Waals surface area contributed by atoms with Crippen LogP contribution in [0.3, 0.4) is 0 Å². The monoisotopic (exact) mass is 482 g/mol. The Bertz CT molecular complexity index is 1610. The van der Waals surface area contributed by atoms with E-state index in [4.69, 9.17) is 13.9 Å². The number of hydrogen-bond donors (Lipinski definition) is 1. The zero-order valence-electron chi connectivity index (χ0n) is 20.5. The summed E-state index contributed by atoms with van der Waals surface area (Å²) in [4.78, 5) is 26.5. The lowest BCUT2D eigenvalue weighted by molar-refractivity contribution is -0.0142. The van der Waals surface area contributed by atoms with E-state index in [0.717, 1.165) is 0 Å². The first kappa shape index (κ1) is 22.4. The minimum atomic E-state index is -0.644. The second-order valence-electron chi connectivity index (χ2n) is 10.1. The zero-order chi connectivity index (χ0) is 25.4. The predicted octanol–water partition coefficient (Wildman–Crippen LogP) is 5.66. The molecule has 0 spiro atoms. The van der Waals surface area contributed by atoms with Crippen molar-refractivity contribution in [3.63, 3.8) is 0 Å². The second-order valence-corrected chi connectivity index (χ2v) is 10.1. The summed E-state index contributed by atoms with van der Waals surface area (Å²) in [6, 6.07) is 15.7. The minimum Gasteiger partial charge on any atom is -0.507 e. The number of aryl methyl sites for hydroxylation is 1. The van der Waals surface area contributed by atoms with E-state index in [2.05, 4.69) is 0 Å². The van der Waals surface area contributed by atoms with Crippen LogP contribution in [0, 0.1) is 19.8 Å². The Morgan fingerprint density at radius 3 is 2.44 bits per heavy atom. The van der Waals surface area contributed by atoms with Crippen molar-refractivity contribution in [1.29, 1.82) is 0 Å². The van der Waals surface area contributed by atoms with Crippen molar-refractivity contribution in [3.05, 3.63) is 98.4 Å². The van der Waals surface area contributed by atoms with E-state index < -0.39 is 11.5 Å². The normalized spacial score (nSPS) is 19.4. The molecule has 0 saturated heterocycles. The highest BCUT2D eigenvalue weighted by molar-refractivity contribution is 6.11. The summed E-state index contributed by atoms with van der Waals surface area (Å²) in [7, 11) is 0. The first-order chi connectivity index (χ1) is 17.2. The average Bonchev–Trinajstić information content (AvgIpc) is 2.86. The zero-order valence-corrected chi connectivity index (χ0v) is 20.5. The molecule has 0 bridgehead atoms. The van der Waals surface area contributed by atoms with Gasteiger partial charge in [0.2, 0.25) is 0 Å². The highest BCUT2D eigenvalue weighted by atomic mass is 16.5. The van der Waals surface area contributed by atoms with Crippen LogP contribution in [0.4, 0.5) is 0 Å². The van der Waals surface area contributed by atoms with Gasteiger partial charge in [0.25, 0.3) is 0 Å². The summed E-state index contributed by atoms with van der Waals surface area (Å²) >= 11 is 0. The number of rotatable bonds is 2. The molecule has 3 aromatic carbocycles. The molecule has 0 aliphatic carbocycles. The Morgan fingerprint density at radius 1 is 0.972 bits per heavy atom. The van der Waals surface area contributed by atoms with E-state index in [0.29, 0.717) is 57.1 Å². The average molecular weight is 483 g/mol. The van der Waals surface area contributed by atoms with Gasteiger partial charge in [-0.2, -0.15) is 0 Å². The molecular formula is C30H26O6. The summed E-state index contributed by atoms with van der Waals surface area (Å²) in [5, 5.41) is 12.1. The van der Waals surface area contributed by atoms with Crippen molar-refractivity contribution < 1.29 is 23.8 Å². The largest absolute Gasteiger partial charge is 0.507 e. The third-order valence-corrected chi connectivity index (χ3v) is 7.69. The number of fused-ring (bicyclic) bond motifs is 7. The molecule has 182 valence electrons. The van der Waals surface area contributed by atoms with Gasteiger partial charge in [-0.1, -0.05) is 30.3 Å². The molecule has 36 heavy (non-hydrogen) atoms. The molecule has 2 aliphatic heterocycles. The quantitative estimate of drug-likeness (QED) is 0.371. The highest BCUT2D eigenvalue weighted by Gasteiger charge is 2.50. The first-order valence-electron chi connectivity index (χ1n) is 12.0. The highest BCUT2D eigenvalue weighted by Crippen LogP contribution is 2.57. The molecule has 2 atom stereocenters. The molecule has 1 aromatic heterocycles. The maximum atomic E-state index is 13.3. The number of ketones is 1. The van der Waals surface area contributed by atoms with Gasteiger partial charge < -0.3 is 19.0 Å². The molecule has 0 amide bonds. The van der Waals surface area contributed by atoms with Crippen LogP contribution in [0.5, 0.6) is 17.2 Å². The van der Waals surface area contributed by atoms with Crippen molar-refractivity contribution in [2.75, 3.05) is 6.61 Å².